The van der Waals surface area contributed by atoms with Crippen LogP contribution in [-0.2, 0) is 9.53 Å². The van der Waals surface area contributed by atoms with Crippen molar-refractivity contribution in [1.82, 2.24) is 4.90 Å². The van der Waals surface area contributed by atoms with Gasteiger partial charge in [-0.2, -0.15) is 0 Å². The molecule has 15 heavy (non-hydrogen) atoms. The van der Waals surface area contributed by atoms with Gasteiger partial charge in [0.2, 0.25) is 5.91 Å². The largest absolute Gasteiger partial charge is 0.381 e. The van der Waals surface area contributed by atoms with Gasteiger partial charge in [-0.15, -0.1) is 0 Å². The molecule has 0 aromatic heterocycles. The second-order valence-corrected chi connectivity index (χ2v) is 6.09. The van der Waals surface area contributed by atoms with Gasteiger partial charge < -0.3 is 9.64 Å². The van der Waals surface area contributed by atoms with E-state index in [2.05, 4.69) is 20.8 Å². The zero-order valence-electron chi connectivity index (χ0n) is 8.75. The van der Waals surface area contributed by atoms with Gasteiger partial charge in [-0.1, -0.05) is 15.9 Å². The van der Waals surface area contributed by atoms with Crippen molar-refractivity contribution < 1.29 is 9.53 Å². The zero-order valence-corrected chi connectivity index (χ0v) is 10.3. The summed E-state index contributed by atoms with van der Waals surface area (Å²) in [7, 11) is 0. The van der Waals surface area contributed by atoms with E-state index in [0.29, 0.717) is 17.4 Å². The first-order valence-electron chi connectivity index (χ1n) is 5.75. The molecule has 0 N–H and O–H groups in total. The molecule has 0 aromatic rings. The maximum absolute atomic E-state index is 11.9. The summed E-state index contributed by atoms with van der Waals surface area (Å²) in [5, 5.41) is 0. The van der Waals surface area contributed by atoms with Crippen molar-refractivity contribution in [1.29, 1.82) is 0 Å². The normalized spacial score (nSPS) is 38.7. The van der Waals surface area contributed by atoms with Crippen LogP contribution in [0.15, 0.2) is 0 Å². The molecule has 4 heteroatoms. The smallest absolute Gasteiger partial charge is 0.236 e. The van der Waals surface area contributed by atoms with E-state index in [-0.39, 0.29) is 4.83 Å². The lowest BCUT2D eigenvalue weighted by molar-refractivity contribution is -0.128. The van der Waals surface area contributed by atoms with E-state index in [1.165, 1.54) is 6.42 Å². The molecule has 2 atom stereocenters. The summed E-state index contributed by atoms with van der Waals surface area (Å²) < 4.78 is 5.39. The molecule has 84 valence electrons. The predicted molar refractivity (Wildman–Crippen MR) is 59.9 cm³/mol. The van der Waals surface area contributed by atoms with Crippen molar-refractivity contribution in [2.24, 2.45) is 5.41 Å². The van der Waals surface area contributed by atoms with Crippen LogP contribution in [0.5, 0.6) is 0 Å². The third kappa shape index (κ3) is 1.53. The van der Waals surface area contributed by atoms with Gasteiger partial charge in [-0.25, -0.2) is 0 Å². The van der Waals surface area contributed by atoms with Gasteiger partial charge in [0.1, 0.15) is 0 Å². The topological polar surface area (TPSA) is 29.5 Å². The Morgan fingerprint density at radius 3 is 2.73 bits per heavy atom. The number of nitrogens with zero attached hydrogens (tertiary/aromatic N) is 1. The summed E-state index contributed by atoms with van der Waals surface area (Å²) in [4.78, 5) is 14.0. The molecular weight excluding hydrogens is 258 g/mol. The van der Waals surface area contributed by atoms with Gasteiger partial charge in [0, 0.05) is 25.8 Å². The second-order valence-electron chi connectivity index (χ2n) is 4.98. The summed E-state index contributed by atoms with van der Waals surface area (Å²) >= 11 is 3.44. The molecule has 0 radical (unpaired) electrons. The van der Waals surface area contributed by atoms with Gasteiger partial charge in [0.25, 0.3) is 0 Å². The molecular formula is C11H16BrNO2. The SMILES string of the molecule is O=C1C(Br)CCN1C1CC12CCOCC2. The molecule has 3 fully saturated rings. The number of ether oxygens (including phenoxy) is 1. The predicted octanol–water partition coefficient (Wildman–Crippen LogP) is 1.55. The molecule has 1 amide bonds. The fourth-order valence-corrected chi connectivity index (χ4v) is 3.53. The van der Waals surface area contributed by atoms with Crippen LogP contribution in [0.4, 0.5) is 0 Å². The highest BCUT2D eigenvalue weighted by atomic mass is 79.9. The monoisotopic (exact) mass is 273 g/mol. The van der Waals surface area contributed by atoms with Crippen molar-refractivity contribution >= 4 is 21.8 Å². The van der Waals surface area contributed by atoms with Crippen LogP contribution < -0.4 is 0 Å². The first-order chi connectivity index (χ1) is 7.23. The van der Waals surface area contributed by atoms with Gasteiger partial charge in [0.15, 0.2) is 0 Å². The number of alkyl halides is 1. The molecule has 2 unspecified atom stereocenters. The molecule has 2 saturated heterocycles. The Labute approximate surface area is 98.3 Å². The highest BCUT2D eigenvalue weighted by molar-refractivity contribution is 9.10. The Balaban J connectivity index is 1.68. The number of rotatable bonds is 1. The van der Waals surface area contributed by atoms with Crippen LogP contribution in [0, 0.1) is 5.41 Å². The van der Waals surface area contributed by atoms with Crippen LogP contribution in [0.3, 0.4) is 0 Å². The number of likely N-dealkylation sites (tertiary alicyclic amines) is 1. The maximum Gasteiger partial charge on any atom is 0.236 e. The van der Waals surface area contributed by atoms with Crippen molar-refractivity contribution in [3.8, 4) is 0 Å². The Bertz CT molecular complexity index is 288. The van der Waals surface area contributed by atoms with Crippen molar-refractivity contribution in [3.63, 3.8) is 0 Å². The standard InChI is InChI=1S/C11H16BrNO2/c12-8-1-4-13(10(8)14)9-7-11(9)2-5-15-6-3-11/h8-9H,1-7H2. The van der Waals surface area contributed by atoms with Crippen molar-refractivity contribution in [2.45, 2.75) is 36.6 Å². The molecule has 0 bridgehead atoms. The van der Waals surface area contributed by atoms with E-state index < -0.39 is 0 Å². The first-order valence-corrected chi connectivity index (χ1v) is 6.67. The third-order valence-electron chi connectivity index (χ3n) is 4.19. The van der Waals surface area contributed by atoms with E-state index in [4.69, 9.17) is 4.74 Å². The van der Waals surface area contributed by atoms with Gasteiger partial charge in [-0.05, 0) is 31.1 Å². The highest BCUT2D eigenvalue weighted by Crippen LogP contribution is 2.57. The Morgan fingerprint density at radius 2 is 2.13 bits per heavy atom. The number of amides is 1. The molecule has 3 aliphatic rings. The third-order valence-corrected chi connectivity index (χ3v) is 5.04. The van der Waals surface area contributed by atoms with E-state index in [9.17, 15) is 4.79 Å². The van der Waals surface area contributed by atoms with Crippen LogP contribution in [0.2, 0.25) is 0 Å². The number of hydrogen-bond donors (Lipinski definition) is 0. The average Bonchev–Trinajstić information content (AvgIpc) is 2.82. The van der Waals surface area contributed by atoms with Gasteiger partial charge in [0.05, 0.1) is 4.83 Å². The molecule has 1 aliphatic carbocycles. The molecule has 0 aromatic carbocycles. The van der Waals surface area contributed by atoms with Gasteiger partial charge >= 0.3 is 0 Å². The minimum atomic E-state index is 0.0787. The number of carbonyl (C=O) groups is 1. The molecule has 1 saturated carbocycles. The van der Waals surface area contributed by atoms with Crippen LogP contribution in [0.25, 0.3) is 0 Å². The fourth-order valence-electron chi connectivity index (χ4n) is 3.06. The molecule has 1 spiro atoms. The summed E-state index contributed by atoms with van der Waals surface area (Å²) in [6.07, 6.45) is 4.48. The molecule has 2 aliphatic heterocycles. The summed E-state index contributed by atoms with van der Waals surface area (Å²) in [6.45, 7) is 2.72. The minimum Gasteiger partial charge on any atom is -0.381 e. The van der Waals surface area contributed by atoms with E-state index in [1.54, 1.807) is 0 Å². The summed E-state index contributed by atoms with van der Waals surface area (Å²) in [6, 6.07) is 0.524. The molecule has 2 heterocycles. The number of carbonyl (C=O) groups excluding carboxylic acids is 1. The Hall–Kier alpha value is -0.0900. The lowest BCUT2D eigenvalue weighted by Crippen LogP contribution is -2.34. The fraction of sp³-hybridized carbons (Fsp3) is 0.909. The highest BCUT2D eigenvalue weighted by Gasteiger charge is 2.59. The minimum absolute atomic E-state index is 0.0787. The quantitative estimate of drug-likeness (QED) is 0.679. The van der Waals surface area contributed by atoms with E-state index in [1.807, 2.05) is 0 Å². The lowest BCUT2D eigenvalue weighted by atomic mass is 9.96. The molecule has 3 nitrogen and oxygen atoms in total. The van der Waals surface area contributed by atoms with E-state index >= 15 is 0 Å². The maximum atomic E-state index is 11.9. The van der Waals surface area contributed by atoms with Crippen LogP contribution in [0.1, 0.15) is 25.7 Å². The number of halogens is 1. The average molecular weight is 274 g/mol. The van der Waals surface area contributed by atoms with Crippen LogP contribution >= 0.6 is 15.9 Å². The van der Waals surface area contributed by atoms with Crippen molar-refractivity contribution in [2.75, 3.05) is 19.8 Å². The summed E-state index contributed by atoms with van der Waals surface area (Å²) in [5.74, 6) is 0.309. The molecule has 3 rings (SSSR count). The lowest BCUT2D eigenvalue weighted by Gasteiger charge is -2.26. The Kier molecular flexibility index (Phi) is 2.32. The Morgan fingerprint density at radius 1 is 1.40 bits per heavy atom. The summed E-state index contributed by atoms with van der Waals surface area (Å²) in [5.41, 5.74) is 0.435. The van der Waals surface area contributed by atoms with Crippen molar-refractivity contribution in [3.05, 3.63) is 0 Å². The second kappa shape index (κ2) is 3.45. The van der Waals surface area contributed by atoms with Crippen LogP contribution in [-0.4, -0.2) is 41.4 Å². The van der Waals surface area contributed by atoms with E-state index in [0.717, 1.165) is 39.0 Å². The van der Waals surface area contributed by atoms with Gasteiger partial charge in [-0.3, -0.25) is 4.79 Å². The first kappa shape index (κ1) is 10.1. The number of hydrogen-bond acceptors (Lipinski definition) is 2. The zero-order chi connectivity index (χ0) is 10.5.